The Labute approximate surface area is 189 Å². The molecule has 0 spiro atoms. The van der Waals surface area contributed by atoms with Gasteiger partial charge < -0.3 is 24.6 Å². The van der Waals surface area contributed by atoms with Crippen molar-refractivity contribution in [1.82, 2.24) is 5.32 Å². The quantitative estimate of drug-likeness (QED) is 0.309. The number of ether oxygens (including phenoxy) is 2. The molecule has 32 heavy (non-hydrogen) atoms. The molecule has 0 fully saturated rings. The molecular weight excluding hydrogens is 461 g/mol. The van der Waals surface area contributed by atoms with Crippen LogP contribution in [0.2, 0.25) is 5.02 Å². The van der Waals surface area contributed by atoms with Crippen LogP contribution in [-0.2, 0) is 13.8 Å². The molecule has 9 nitrogen and oxygen atoms in total. The molecule has 172 valence electrons. The molecule has 0 aliphatic carbocycles. The minimum atomic E-state index is -4.78. The van der Waals surface area contributed by atoms with Gasteiger partial charge in [0.05, 0.1) is 16.6 Å². The minimum Gasteiger partial charge on any atom is -0.485 e. The van der Waals surface area contributed by atoms with Crippen molar-refractivity contribution in [3.05, 3.63) is 64.2 Å². The first-order valence-corrected chi connectivity index (χ1v) is 11.5. The van der Waals surface area contributed by atoms with Crippen LogP contribution < -0.4 is 10.1 Å². The van der Waals surface area contributed by atoms with Crippen molar-refractivity contribution in [1.29, 1.82) is 0 Å². The molecule has 3 rings (SSSR count). The zero-order valence-electron chi connectivity index (χ0n) is 17.6. The molecule has 0 saturated carbocycles. The normalized spacial score (nSPS) is 19.6. The summed E-state index contributed by atoms with van der Waals surface area (Å²) in [6.45, 7) is 4.06. The summed E-state index contributed by atoms with van der Waals surface area (Å²) in [7, 11) is -4.78. The summed E-state index contributed by atoms with van der Waals surface area (Å²) >= 11 is 6.16. The maximum atomic E-state index is 13.0. The minimum absolute atomic E-state index is 0.184. The second-order valence-electron chi connectivity index (χ2n) is 7.77. The smallest absolute Gasteiger partial charge is 0.471 e. The molecule has 1 aliphatic heterocycles. The summed E-state index contributed by atoms with van der Waals surface area (Å²) in [5.74, 6) is -0.252. The van der Waals surface area contributed by atoms with Gasteiger partial charge in [0.2, 0.25) is 0 Å². The summed E-state index contributed by atoms with van der Waals surface area (Å²) in [6, 6.07) is 10.5. The molecule has 2 aromatic rings. The van der Waals surface area contributed by atoms with E-state index in [0.29, 0.717) is 16.9 Å². The average molecular weight is 484 g/mol. The van der Waals surface area contributed by atoms with Crippen molar-refractivity contribution in [3.63, 3.8) is 0 Å². The highest BCUT2D eigenvalue weighted by molar-refractivity contribution is 7.46. The second kappa shape index (κ2) is 9.31. The highest BCUT2D eigenvalue weighted by atomic mass is 35.5. The number of phosphoric ester groups is 1. The third kappa shape index (κ3) is 5.56. The molecular formula is C21H23ClNO8P. The molecule has 3 N–H and O–H groups in total. The molecule has 1 heterocycles. The Morgan fingerprint density at radius 1 is 1.22 bits per heavy atom. The van der Waals surface area contributed by atoms with Crippen LogP contribution >= 0.6 is 19.4 Å². The van der Waals surface area contributed by atoms with Crippen molar-refractivity contribution >= 4 is 31.1 Å². The average Bonchev–Trinajstić information content (AvgIpc) is 2.68. The van der Waals surface area contributed by atoms with Crippen LogP contribution in [0.15, 0.2) is 42.5 Å². The fourth-order valence-electron chi connectivity index (χ4n) is 3.50. The SMILES string of the molecule is CC(=O)c1ccc2c(c1)[C@@H](NC(=O)c1ccccc1Cl)[C@@H](OCOP(=O)(O)O)C(C)(C)O2. The van der Waals surface area contributed by atoms with E-state index in [9.17, 15) is 14.2 Å². The number of benzene rings is 2. The van der Waals surface area contributed by atoms with Crippen molar-refractivity contribution in [2.75, 3.05) is 6.79 Å². The standard InChI is InChI=1S/C21H23ClNO8P/c1-12(24)13-8-9-17-15(10-13)18(23-20(25)14-6-4-5-7-16(14)22)19(21(2,3)31-17)29-11-30-32(26,27)28/h4-10,18-19H,11H2,1-3H3,(H,23,25)(H2,26,27,28)/t18-,19-/m1/s1. The fraction of sp³-hybridized carbons (Fsp3) is 0.333. The molecule has 0 unspecified atom stereocenters. The molecule has 2 atom stereocenters. The van der Waals surface area contributed by atoms with Gasteiger partial charge in [-0.25, -0.2) is 4.57 Å². The third-order valence-electron chi connectivity index (χ3n) is 4.99. The van der Waals surface area contributed by atoms with Gasteiger partial charge in [-0.3, -0.25) is 14.1 Å². The topological polar surface area (TPSA) is 131 Å². The zero-order chi connectivity index (χ0) is 23.7. The Morgan fingerprint density at radius 3 is 2.53 bits per heavy atom. The number of ketones is 1. The van der Waals surface area contributed by atoms with E-state index in [-0.39, 0.29) is 16.4 Å². The van der Waals surface area contributed by atoms with E-state index < -0.39 is 38.3 Å². The lowest BCUT2D eigenvalue weighted by Crippen LogP contribution is -2.55. The number of rotatable bonds is 7. The van der Waals surface area contributed by atoms with Gasteiger partial charge in [-0.2, -0.15) is 0 Å². The Hall–Kier alpha value is -2.26. The highest BCUT2D eigenvalue weighted by Gasteiger charge is 2.46. The predicted octanol–water partition coefficient (Wildman–Crippen LogP) is 3.64. The maximum absolute atomic E-state index is 13.0. The van der Waals surface area contributed by atoms with E-state index in [4.69, 9.17) is 30.9 Å². The van der Waals surface area contributed by atoms with Gasteiger partial charge in [-0.05, 0) is 51.1 Å². The number of phosphoric acid groups is 1. The molecule has 0 saturated heterocycles. The number of halogens is 1. The van der Waals surface area contributed by atoms with E-state index >= 15 is 0 Å². The summed E-state index contributed by atoms with van der Waals surface area (Å²) < 4.78 is 27.2. The van der Waals surface area contributed by atoms with Crippen molar-refractivity contribution < 1.29 is 37.9 Å². The first-order chi connectivity index (χ1) is 14.9. The monoisotopic (exact) mass is 483 g/mol. The van der Waals surface area contributed by atoms with Crippen molar-refractivity contribution in [2.24, 2.45) is 0 Å². The maximum Gasteiger partial charge on any atom is 0.471 e. The molecule has 2 aromatic carbocycles. The van der Waals surface area contributed by atoms with Gasteiger partial charge in [-0.1, -0.05) is 23.7 Å². The van der Waals surface area contributed by atoms with E-state index in [0.717, 1.165) is 0 Å². The Bertz CT molecular complexity index is 1080. The number of hydrogen-bond donors (Lipinski definition) is 3. The van der Waals surface area contributed by atoms with E-state index in [1.165, 1.54) is 6.92 Å². The van der Waals surface area contributed by atoms with Gasteiger partial charge in [0, 0.05) is 11.1 Å². The summed E-state index contributed by atoms with van der Waals surface area (Å²) in [5, 5.41) is 3.11. The van der Waals surface area contributed by atoms with E-state index in [1.54, 1.807) is 56.3 Å². The summed E-state index contributed by atoms with van der Waals surface area (Å²) in [4.78, 5) is 42.9. The molecule has 1 amide bonds. The first kappa shape index (κ1) is 24.4. The Balaban J connectivity index is 2.02. The number of hydrogen-bond acceptors (Lipinski definition) is 6. The Kier molecular flexibility index (Phi) is 7.09. The lowest BCUT2D eigenvalue weighted by atomic mass is 9.85. The zero-order valence-corrected chi connectivity index (χ0v) is 19.2. The number of fused-ring (bicyclic) bond motifs is 1. The van der Waals surface area contributed by atoms with Gasteiger partial charge >= 0.3 is 7.82 Å². The Morgan fingerprint density at radius 2 is 1.91 bits per heavy atom. The fourth-order valence-corrected chi connectivity index (χ4v) is 3.92. The first-order valence-electron chi connectivity index (χ1n) is 9.60. The lowest BCUT2D eigenvalue weighted by Gasteiger charge is -2.44. The van der Waals surface area contributed by atoms with Crippen LogP contribution in [0, 0.1) is 0 Å². The molecule has 0 aromatic heterocycles. The van der Waals surface area contributed by atoms with E-state index in [1.807, 2.05) is 0 Å². The number of nitrogens with one attached hydrogen (secondary N) is 1. The molecule has 0 bridgehead atoms. The van der Waals surface area contributed by atoms with Crippen LogP contribution in [0.3, 0.4) is 0 Å². The molecule has 1 aliphatic rings. The second-order valence-corrected chi connectivity index (χ2v) is 9.42. The van der Waals surface area contributed by atoms with Gasteiger partial charge in [0.1, 0.15) is 17.5 Å². The summed E-state index contributed by atoms with van der Waals surface area (Å²) in [6.07, 6.45) is -0.935. The van der Waals surface area contributed by atoms with Crippen LogP contribution in [0.1, 0.15) is 53.1 Å². The molecule has 11 heteroatoms. The number of carbonyl (C=O) groups is 2. The highest BCUT2D eigenvalue weighted by Crippen LogP contribution is 2.43. The number of amides is 1. The van der Waals surface area contributed by atoms with Crippen molar-refractivity contribution in [3.8, 4) is 5.75 Å². The van der Waals surface area contributed by atoms with Gasteiger partial charge in [0.25, 0.3) is 5.91 Å². The lowest BCUT2D eigenvalue weighted by molar-refractivity contribution is -0.141. The van der Waals surface area contributed by atoms with Gasteiger partial charge in [0.15, 0.2) is 12.6 Å². The third-order valence-corrected chi connectivity index (χ3v) is 5.76. The van der Waals surface area contributed by atoms with Crippen LogP contribution in [0.5, 0.6) is 5.75 Å². The van der Waals surface area contributed by atoms with Gasteiger partial charge in [-0.15, -0.1) is 0 Å². The predicted molar refractivity (Wildman–Crippen MR) is 116 cm³/mol. The number of carbonyl (C=O) groups excluding carboxylic acids is 2. The largest absolute Gasteiger partial charge is 0.485 e. The van der Waals surface area contributed by atoms with Crippen molar-refractivity contribution in [2.45, 2.75) is 38.5 Å². The number of Topliss-reactive ketones (excluding diaryl/α,β-unsaturated/α-hetero) is 1. The summed E-state index contributed by atoms with van der Waals surface area (Å²) in [5.41, 5.74) is 0.0577. The molecule has 0 radical (unpaired) electrons. The van der Waals surface area contributed by atoms with Crippen LogP contribution in [0.25, 0.3) is 0 Å². The van der Waals surface area contributed by atoms with Crippen LogP contribution in [0.4, 0.5) is 0 Å². The van der Waals surface area contributed by atoms with Crippen LogP contribution in [-0.4, -0.2) is 40.0 Å². The van der Waals surface area contributed by atoms with E-state index in [2.05, 4.69) is 9.84 Å².